The predicted molar refractivity (Wildman–Crippen MR) is 163 cm³/mol. The Labute approximate surface area is 226 Å². The number of benzene rings is 5. The van der Waals surface area contributed by atoms with Crippen molar-refractivity contribution in [2.75, 3.05) is 0 Å². The molecule has 3 nitrogen and oxygen atoms in total. The molecular formula is C36H25N3. The molecule has 3 aromatic heterocycles. The van der Waals surface area contributed by atoms with Gasteiger partial charge in [-0.25, -0.2) is 0 Å². The van der Waals surface area contributed by atoms with Gasteiger partial charge in [0, 0.05) is 50.9 Å². The lowest BCUT2D eigenvalue weighted by Gasteiger charge is -2.16. The summed E-state index contributed by atoms with van der Waals surface area (Å²) in [5.41, 5.74) is 10.5. The monoisotopic (exact) mass is 499 g/mol. The zero-order valence-corrected chi connectivity index (χ0v) is 21.5. The summed E-state index contributed by atoms with van der Waals surface area (Å²) in [6, 6.07) is 43.9. The molecule has 0 N–H and O–H groups in total. The number of aryl methyl sites for hydroxylation is 1. The van der Waals surface area contributed by atoms with E-state index in [1.807, 2.05) is 12.4 Å². The van der Waals surface area contributed by atoms with Crippen molar-refractivity contribution in [2.45, 2.75) is 6.92 Å². The third kappa shape index (κ3) is 3.33. The maximum atomic E-state index is 4.53. The SMILES string of the molecule is Cc1cncc(-c2cc(-n3c4ccccc4c4ccccc43)cc(-n3c4ccccc4c4ccccc43)c2)c1. The Kier molecular flexibility index (Phi) is 4.74. The van der Waals surface area contributed by atoms with Crippen molar-refractivity contribution in [3.8, 4) is 22.5 Å². The van der Waals surface area contributed by atoms with Gasteiger partial charge >= 0.3 is 0 Å². The fourth-order valence-corrected chi connectivity index (χ4v) is 6.13. The van der Waals surface area contributed by atoms with Gasteiger partial charge in [0.2, 0.25) is 0 Å². The molecule has 0 atom stereocenters. The van der Waals surface area contributed by atoms with E-state index in [1.54, 1.807) is 0 Å². The Bertz CT molecular complexity index is 1960. The molecule has 0 aliphatic heterocycles. The van der Waals surface area contributed by atoms with Crippen LogP contribution in [0.4, 0.5) is 0 Å². The minimum Gasteiger partial charge on any atom is -0.309 e. The van der Waals surface area contributed by atoms with Gasteiger partial charge in [-0.1, -0.05) is 72.8 Å². The average Bonchev–Trinajstić information content (AvgIpc) is 3.50. The lowest BCUT2D eigenvalue weighted by Crippen LogP contribution is -2.00. The molecule has 0 fully saturated rings. The van der Waals surface area contributed by atoms with Gasteiger partial charge in [-0.05, 0) is 66.6 Å². The topological polar surface area (TPSA) is 22.8 Å². The van der Waals surface area contributed by atoms with Crippen molar-refractivity contribution < 1.29 is 0 Å². The average molecular weight is 500 g/mol. The van der Waals surface area contributed by atoms with Crippen LogP contribution in [0.1, 0.15) is 5.56 Å². The summed E-state index contributed by atoms with van der Waals surface area (Å²) in [5, 5.41) is 5.03. The standard InChI is InChI=1S/C36H25N3/c1-24-18-26(23-37-22-24)25-19-27(38-33-14-6-2-10-29(33)30-11-3-7-15-34(30)38)21-28(20-25)39-35-16-8-4-12-31(35)32-13-5-9-17-36(32)39/h2-23H,1H3. The summed E-state index contributed by atoms with van der Waals surface area (Å²) < 4.78 is 4.80. The Morgan fingerprint density at radius 3 is 1.26 bits per heavy atom. The molecule has 39 heavy (non-hydrogen) atoms. The highest BCUT2D eigenvalue weighted by atomic mass is 15.0. The highest BCUT2D eigenvalue weighted by Gasteiger charge is 2.17. The number of hydrogen-bond acceptors (Lipinski definition) is 1. The molecule has 0 aliphatic rings. The molecule has 8 rings (SSSR count). The molecule has 0 amide bonds. The van der Waals surface area contributed by atoms with Crippen LogP contribution in [0.5, 0.6) is 0 Å². The van der Waals surface area contributed by atoms with Gasteiger partial charge in [0.1, 0.15) is 0 Å². The quantitative estimate of drug-likeness (QED) is 0.237. The van der Waals surface area contributed by atoms with E-state index in [0.29, 0.717) is 0 Å². The van der Waals surface area contributed by atoms with Crippen LogP contribution in [-0.4, -0.2) is 14.1 Å². The Balaban J connectivity index is 1.51. The molecule has 3 heterocycles. The molecule has 0 unspecified atom stereocenters. The van der Waals surface area contributed by atoms with E-state index in [1.165, 1.54) is 43.6 Å². The molecule has 0 saturated heterocycles. The highest BCUT2D eigenvalue weighted by molar-refractivity contribution is 6.10. The molecule has 5 aromatic carbocycles. The van der Waals surface area contributed by atoms with Gasteiger partial charge in [0.05, 0.1) is 22.1 Å². The summed E-state index contributed by atoms with van der Waals surface area (Å²) in [5.74, 6) is 0. The van der Waals surface area contributed by atoms with Crippen LogP contribution in [0, 0.1) is 6.92 Å². The smallest absolute Gasteiger partial charge is 0.0541 e. The van der Waals surface area contributed by atoms with Crippen LogP contribution < -0.4 is 0 Å². The number of nitrogens with zero attached hydrogens (tertiary/aromatic N) is 3. The zero-order valence-electron chi connectivity index (χ0n) is 21.5. The first-order valence-electron chi connectivity index (χ1n) is 13.3. The van der Waals surface area contributed by atoms with E-state index in [4.69, 9.17) is 0 Å². The van der Waals surface area contributed by atoms with Crippen LogP contribution in [0.3, 0.4) is 0 Å². The lowest BCUT2D eigenvalue weighted by molar-refractivity contribution is 1.13. The third-order valence-corrected chi connectivity index (χ3v) is 7.79. The summed E-state index contributed by atoms with van der Waals surface area (Å²) in [6.45, 7) is 2.10. The minimum absolute atomic E-state index is 1.11. The fraction of sp³-hybridized carbons (Fsp3) is 0.0278. The molecule has 0 radical (unpaired) electrons. The van der Waals surface area contributed by atoms with E-state index in [0.717, 1.165) is 28.1 Å². The van der Waals surface area contributed by atoms with Gasteiger partial charge in [-0.15, -0.1) is 0 Å². The molecule has 184 valence electrons. The number of fused-ring (bicyclic) bond motifs is 6. The molecule has 3 heteroatoms. The molecule has 0 bridgehead atoms. The van der Waals surface area contributed by atoms with Crippen molar-refractivity contribution >= 4 is 43.6 Å². The van der Waals surface area contributed by atoms with Crippen molar-refractivity contribution in [3.05, 3.63) is 139 Å². The van der Waals surface area contributed by atoms with Crippen LogP contribution in [0.25, 0.3) is 66.1 Å². The summed E-state index contributed by atoms with van der Waals surface area (Å²) in [4.78, 5) is 4.53. The number of rotatable bonds is 3. The molecule has 0 saturated carbocycles. The normalized spacial score (nSPS) is 11.7. The van der Waals surface area contributed by atoms with Crippen LogP contribution in [0.2, 0.25) is 0 Å². The van der Waals surface area contributed by atoms with Gasteiger partial charge in [0.15, 0.2) is 0 Å². The van der Waals surface area contributed by atoms with E-state index in [-0.39, 0.29) is 0 Å². The van der Waals surface area contributed by atoms with Crippen LogP contribution in [0.15, 0.2) is 134 Å². The van der Waals surface area contributed by atoms with E-state index in [2.05, 4.69) is 142 Å². The van der Waals surface area contributed by atoms with Crippen molar-refractivity contribution in [1.82, 2.24) is 14.1 Å². The van der Waals surface area contributed by atoms with Crippen molar-refractivity contribution in [3.63, 3.8) is 0 Å². The second-order valence-corrected chi connectivity index (χ2v) is 10.2. The van der Waals surface area contributed by atoms with Gasteiger partial charge in [0.25, 0.3) is 0 Å². The Hall–Kier alpha value is -5.15. The van der Waals surface area contributed by atoms with Crippen molar-refractivity contribution in [1.29, 1.82) is 0 Å². The van der Waals surface area contributed by atoms with E-state index in [9.17, 15) is 0 Å². The van der Waals surface area contributed by atoms with Gasteiger partial charge < -0.3 is 9.13 Å². The predicted octanol–water partition coefficient (Wildman–Crippen LogP) is 9.25. The maximum Gasteiger partial charge on any atom is 0.0541 e. The lowest BCUT2D eigenvalue weighted by atomic mass is 10.0. The first-order chi connectivity index (χ1) is 19.3. The van der Waals surface area contributed by atoms with Gasteiger partial charge in [-0.3, -0.25) is 4.98 Å². The second kappa shape index (κ2) is 8.44. The van der Waals surface area contributed by atoms with Gasteiger partial charge in [-0.2, -0.15) is 0 Å². The number of hydrogen-bond donors (Lipinski definition) is 0. The van der Waals surface area contributed by atoms with E-state index >= 15 is 0 Å². The molecular weight excluding hydrogens is 474 g/mol. The first-order valence-corrected chi connectivity index (χ1v) is 13.3. The van der Waals surface area contributed by atoms with Crippen LogP contribution in [-0.2, 0) is 0 Å². The largest absolute Gasteiger partial charge is 0.309 e. The van der Waals surface area contributed by atoms with Crippen molar-refractivity contribution in [2.24, 2.45) is 0 Å². The Morgan fingerprint density at radius 1 is 0.436 bits per heavy atom. The summed E-state index contributed by atoms with van der Waals surface area (Å²) in [6.07, 6.45) is 3.88. The number of para-hydroxylation sites is 4. The summed E-state index contributed by atoms with van der Waals surface area (Å²) in [7, 11) is 0. The fourth-order valence-electron chi connectivity index (χ4n) is 6.13. The molecule has 0 spiro atoms. The number of aromatic nitrogens is 3. The third-order valence-electron chi connectivity index (χ3n) is 7.79. The second-order valence-electron chi connectivity index (χ2n) is 10.2. The summed E-state index contributed by atoms with van der Waals surface area (Å²) >= 11 is 0. The first kappa shape index (κ1) is 21.9. The maximum absolute atomic E-state index is 4.53. The van der Waals surface area contributed by atoms with E-state index < -0.39 is 0 Å². The van der Waals surface area contributed by atoms with Crippen LogP contribution >= 0.6 is 0 Å². The highest BCUT2D eigenvalue weighted by Crippen LogP contribution is 2.37. The molecule has 8 aromatic rings. The molecule has 0 aliphatic carbocycles. The number of pyridine rings is 1. The Morgan fingerprint density at radius 2 is 0.846 bits per heavy atom. The minimum atomic E-state index is 1.11. The zero-order chi connectivity index (χ0) is 25.9.